The molecule has 2 heterocycles. The van der Waals surface area contributed by atoms with Gasteiger partial charge in [-0.2, -0.15) is 18.3 Å². The minimum absolute atomic E-state index is 0.00937. The van der Waals surface area contributed by atoms with Crippen molar-refractivity contribution >= 4 is 17.5 Å². The van der Waals surface area contributed by atoms with Gasteiger partial charge in [0, 0.05) is 18.3 Å². The zero-order valence-corrected chi connectivity index (χ0v) is 13.9. The second kappa shape index (κ2) is 6.04. The number of nitrogens with two attached hydrogens (primary N) is 1. The number of amides is 2. The van der Waals surface area contributed by atoms with E-state index in [1.807, 2.05) is 0 Å². The van der Waals surface area contributed by atoms with E-state index in [9.17, 15) is 22.8 Å². The Morgan fingerprint density at radius 2 is 2.08 bits per heavy atom. The largest absolute Gasteiger partial charge is 0.496 e. The molecule has 138 valence electrons. The minimum atomic E-state index is -4.58. The Morgan fingerprint density at radius 1 is 1.38 bits per heavy atom. The minimum Gasteiger partial charge on any atom is -0.496 e. The number of alkyl halides is 3. The van der Waals surface area contributed by atoms with Gasteiger partial charge in [-0.3, -0.25) is 14.3 Å². The molecule has 0 saturated heterocycles. The number of hydrogen-bond acceptors (Lipinski definition) is 4. The number of methoxy groups -OCH3 is 1. The first-order valence-electron chi connectivity index (χ1n) is 7.59. The van der Waals surface area contributed by atoms with Gasteiger partial charge in [-0.25, -0.2) is 0 Å². The van der Waals surface area contributed by atoms with Gasteiger partial charge in [-0.15, -0.1) is 0 Å². The number of anilines is 1. The van der Waals surface area contributed by atoms with E-state index in [2.05, 4.69) is 5.10 Å². The molecular weight excluding hydrogens is 353 g/mol. The van der Waals surface area contributed by atoms with Crippen LogP contribution in [0.5, 0.6) is 5.75 Å². The molecule has 0 aliphatic carbocycles. The molecule has 0 radical (unpaired) electrons. The zero-order chi connectivity index (χ0) is 19.2. The van der Waals surface area contributed by atoms with Crippen molar-refractivity contribution < 1.29 is 27.5 Å². The second-order valence-corrected chi connectivity index (χ2v) is 5.86. The summed E-state index contributed by atoms with van der Waals surface area (Å²) >= 11 is 0. The zero-order valence-electron chi connectivity index (χ0n) is 13.9. The lowest BCUT2D eigenvalue weighted by molar-refractivity contribution is -0.138. The summed E-state index contributed by atoms with van der Waals surface area (Å²) in [5.41, 5.74) is 4.53. The molecule has 26 heavy (non-hydrogen) atoms. The highest BCUT2D eigenvalue weighted by molar-refractivity contribution is 6.12. The first-order valence-corrected chi connectivity index (χ1v) is 7.59. The lowest BCUT2D eigenvalue weighted by Crippen LogP contribution is -2.43. The molecule has 1 atom stereocenters. The Kier molecular flexibility index (Phi) is 4.13. The highest BCUT2D eigenvalue weighted by Gasteiger charge is 2.37. The predicted octanol–water partition coefficient (Wildman–Crippen LogP) is 2.23. The van der Waals surface area contributed by atoms with E-state index in [0.29, 0.717) is 0 Å². The van der Waals surface area contributed by atoms with E-state index in [-0.39, 0.29) is 29.5 Å². The average Bonchev–Trinajstić information content (AvgIpc) is 3.03. The van der Waals surface area contributed by atoms with Crippen molar-refractivity contribution in [2.24, 2.45) is 5.73 Å². The summed E-state index contributed by atoms with van der Waals surface area (Å²) < 4.78 is 45.3. The Balaban J connectivity index is 2.07. The second-order valence-electron chi connectivity index (χ2n) is 5.86. The topological polar surface area (TPSA) is 90.4 Å². The van der Waals surface area contributed by atoms with Crippen LogP contribution in [0.15, 0.2) is 24.4 Å². The lowest BCUT2D eigenvalue weighted by atomic mass is 10.1. The van der Waals surface area contributed by atoms with E-state index in [0.717, 1.165) is 19.2 Å². The van der Waals surface area contributed by atoms with E-state index in [1.54, 1.807) is 6.92 Å². The van der Waals surface area contributed by atoms with Crippen LogP contribution in [0.3, 0.4) is 0 Å². The van der Waals surface area contributed by atoms with Crippen LogP contribution in [0.2, 0.25) is 0 Å². The Hall–Kier alpha value is -3.04. The fourth-order valence-electron chi connectivity index (χ4n) is 2.95. The fraction of sp³-hybridized carbons (Fsp3) is 0.312. The molecule has 7 nitrogen and oxygen atoms in total. The molecule has 10 heteroatoms. The summed E-state index contributed by atoms with van der Waals surface area (Å²) in [5.74, 6) is -1.78. The van der Waals surface area contributed by atoms with Gasteiger partial charge < -0.3 is 15.4 Å². The molecule has 1 aromatic carbocycles. The molecule has 2 amide bonds. The van der Waals surface area contributed by atoms with Crippen LogP contribution in [-0.2, 0) is 6.18 Å². The smallest absolute Gasteiger partial charge is 0.419 e. The number of fused-ring (bicyclic) bond motifs is 1. The molecule has 1 aliphatic heterocycles. The van der Waals surface area contributed by atoms with Crippen molar-refractivity contribution in [3.8, 4) is 5.75 Å². The quantitative estimate of drug-likeness (QED) is 0.900. The summed E-state index contributed by atoms with van der Waals surface area (Å²) in [6.07, 6.45) is -3.37. The van der Waals surface area contributed by atoms with Crippen molar-refractivity contribution in [3.05, 3.63) is 41.2 Å². The average molecular weight is 368 g/mol. The molecule has 0 unspecified atom stereocenters. The van der Waals surface area contributed by atoms with Crippen LogP contribution in [0, 0.1) is 0 Å². The van der Waals surface area contributed by atoms with E-state index >= 15 is 0 Å². The van der Waals surface area contributed by atoms with Gasteiger partial charge in [0.1, 0.15) is 11.4 Å². The number of halogens is 3. The maximum absolute atomic E-state index is 13.0. The third-order valence-electron chi connectivity index (χ3n) is 4.18. The number of aromatic nitrogens is 2. The normalized spacial score (nSPS) is 17.2. The molecule has 0 fully saturated rings. The van der Waals surface area contributed by atoms with Crippen LogP contribution in [0.1, 0.15) is 39.4 Å². The van der Waals surface area contributed by atoms with Crippen LogP contribution in [-0.4, -0.2) is 35.2 Å². The molecule has 1 aliphatic rings. The van der Waals surface area contributed by atoms with Gasteiger partial charge in [-0.1, -0.05) is 0 Å². The van der Waals surface area contributed by atoms with Gasteiger partial charge in [0.25, 0.3) is 11.8 Å². The highest BCUT2D eigenvalue weighted by atomic mass is 19.4. The van der Waals surface area contributed by atoms with Gasteiger partial charge in [0.2, 0.25) is 0 Å². The Labute approximate surface area is 146 Å². The van der Waals surface area contributed by atoms with Gasteiger partial charge in [-0.05, 0) is 19.1 Å². The standard InChI is InChI=1S/C16H15F3N4O3/c1-8-7-22(15(25)13-10(14(20)24)6-21-23(8)13)9-3-4-11(16(17,18)19)12(5-9)26-2/h3-6,8H,7H2,1-2H3,(H2,20,24)/t8-/m0/s1. The number of nitrogens with zero attached hydrogens (tertiary/aromatic N) is 3. The lowest BCUT2D eigenvalue weighted by Gasteiger charge is -2.32. The van der Waals surface area contributed by atoms with Crippen molar-refractivity contribution in [1.82, 2.24) is 9.78 Å². The van der Waals surface area contributed by atoms with E-state index in [4.69, 9.17) is 10.5 Å². The van der Waals surface area contributed by atoms with Crippen molar-refractivity contribution in [2.45, 2.75) is 19.1 Å². The SMILES string of the molecule is COc1cc(N2C[C@H](C)n3ncc(C(N)=O)c3C2=O)ccc1C(F)(F)F. The van der Waals surface area contributed by atoms with Gasteiger partial charge >= 0.3 is 6.18 Å². The molecule has 0 bridgehead atoms. The molecule has 2 N–H and O–H groups in total. The molecule has 0 saturated carbocycles. The fourth-order valence-corrected chi connectivity index (χ4v) is 2.95. The van der Waals surface area contributed by atoms with Crippen molar-refractivity contribution in [3.63, 3.8) is 0 Å². The summed E-state index contributed by atoms with van der Waals surface area (Å²) in [6.45, 7) is 1.93. The monoisotopic (exact) mass is 368 g/mol. The van der Waals surface area contributed by atoms with Crippen LogP contribution in [0.4, 0.5) is 18.9 Å². The molecule has 2 aromatic rings. The molecule has 0 spiro atoms. The predicted molar refractivity (Wildman–Crippen MR) is 85.1 cm³/mol. The molecule has 1 aromatic heterocycles. The number of primary amides is 1. The third-order valence-corrected chi connectivity index (χ3v) is 4.18. The number of ether oxygens (including phenoxy) is 1. The van der Waals surface area contributed by atoms with Crippen molar-refractivity contribution in [1.29, 1.82) is 0 Å². The maximum Gasteiger partial charge on any atom is 0.419 e. The summed E-state index contributed by atoms with van der Waals surface area (Å²) in [7, 11) is 1.12. The Morgan fingerprint density at radius 3 is 2.65 bits per heavy atom. The van der Waals surface area contributed by atoms with Gasteiger partial charge in [0.15, 0.2) is 0 Å². The summed E-state index contributed by atoms with van der Waals surface area (Å²) in [5, 5.41) is 4.01. The van der Waals surface area contributed by atoms with Crippen LogP contribution in [0.25, 0.3) is 0 Å². The maximum atomic E-state index is 13.0. The summed E-state index contributed by atoms with van der Waals surface area (Å²) in [4.78, 5) is 25.6. The number of hydrogen-bond donors (Lipinski definition) is 1. The van der Waals surface area contributed by atoms with E-state index < -0.39 is 29.3 Å². The molecule has 3 rings (SSSR count). The number of benzene rings is 1. The molecular formula is C16H15F3N4O3. The Bertz CT molecular complexity index is 891. The van der Waals surface area contributed by atoms with Crippen LogP contribution < -0.4 is 15.4 Å². The number of carbonyl (C=O) groups is 2. The van der Waals surface area contributed by atoms with Gasteiger partial charge in [0.05, 0.1) is 30.5 Å². The van der Waals surface area contributed by atoms with Crippen molar-refractivity contribution in [2.75, 3.05) is 18.6 Å². The third kappa shape index (κ3) is 2.76. The first-order chi connectivity index (χ1) is 12.1. The highest BCUT2D eigenvalue weighted by Crippen LogP contribution is 2.39. The number of rotatable bonds is 3. The summed E-state index contributed by atoms with van der Waals surface area (Å²) in [6, 6.07) is 2.88. The van der Waals surface area contributed by atoms with Crippen LogP contribution >= 0.6 is 0 Å². The van der Waals surface area contributed by atoms with E-state index in [1.165, 1.54) is 21.8 Å². The number of carbonyl (C=O) groups excluding carboxylic acids is 2. The first kappa shape index (κ1) is 17.8.